The Hall–Kier alpha value is -1.31. The zero-order valence-electron chi connectivity index (χ0n) is 12.2. The van der Waals surface area contributed by atoms with Gasteiger partial charge in [0.2, 0.25) is 11.1 Å². The van der Waals surface area contributed by atoms with Gasteiger partial charge < -0.3 is 5.32 Å². The standard InChI is InChI=1S/C14H15Cl2N5OS/c15-9-5-6-12(11(16)7-9)17-13(22)8-23-14-18-19-20-21(14)10-3-1-2-4-10/h5-7,10H,1-4,8H2,(H,17,22). The van der Waals surface area contributed by atoms with E-state index in [1.807, 2.05) is 4.68 Å². The summed E-state index contributed by atoms with van der Waals surface area (Å²) in [5.41, 5.74) is 0.539. The first-order chi connectivity index (χ1) is 11.1. The molecule has 1 heterocycles. The van der Waals surface area contributed by atoms with E-state index in [-0.39, 0.29) is 11.7 Å². The Bertz CT molecular complexity index is 702. The number of rotatable bonds is 5. The van der Waals surface area contributed by atoms with Crippen molar-refractivity contribution in [2.75, 3.05) is 11.1 Å². The fourth-order valence-corrected chi connectivity index (χ4v) is 3.77. The maximum absolute atomic E-state index is 12.1. The number of anilines is 1. The third-order valence-corrected chi connectivity index (χ3v) is 5.15. The highest BCUT2D eigenvalue weighted by atomic mass is 35.5. The highest BCUT2D eigenvalue weighted by molar-refractivity contribution is 7.99. The minimum Gasteiger partial charge on any atom is -0.324 e. The van der Waals surface area contributed by atoms with Gasteiger partial charge in [0.25, 0.3) is 0 Å². The number of carbonyl (C=O) groups excluding carboxylic acids is 1. The van der Waals surface area contributed by atoms with Gasteiger partial charge in [0.05, 0.1) is 22.5 Å². The number of benzene rings is 1. The molecular formula is C14H15Cl2N5OS. The summed E-state index contributed by atoms with van der Waals surface area (Å²) in [5.74, 6) is 0.0478. The zero-order valence-corrected chi connectivity index (χ0v) is 14.5. The number of hydrogen-bond acceptors (Lipinski definition) is 5. The van der Waals surface area contributed by atoms with Gasteiger partial charge in [0.15, 0.2) is 0 Å². The van der Waals surface area contributed by atoms with Gasteiger partial charge in [0.1, 0.15) is 0 Å². The topological polar surface area (TPSA) is 72.7 Å². The summed E-state index contributed by atoms with van der Waals surface area (Å²) in [7, 11) is 0. The highest BCUT2D eigenvalue weighted by Crippen LogP contribution is 2.31. The molecule has 6 nitrogen and oxygen atoms in total. The minimum atomic E-state index is -0.166. The van der Waals surface area contributed by atoms with Crippen molar-refractivity contribution in [2.24, 2.45) is 0 Å². The highest BCUT2D eigenvalue weighted by Gasteiger charge is 2.22. The van der Waals surface area contributed by atoms with E-state index < -0.39 is 0 Å². The van der Waals surface area contributed by atoms with E-state index in [1.54, 1.807) is 18.2 Å². The first kappa shape index (κ1) is 16.5. The van der Waals surface area contributed by atoms with Crippen LogP contribution in [0, 0.1) is 0 Å². The van der Waals surface area contributed by atoms with Crippen molar-refractivity contribution < 1.29 is 4.79 Å². The van der Waals surface area contributed by atoms with E-state index in [0.717, 1.165) is 12.8 Å². The molecular weight excluding hydrogens is 357 g/mol. The normalized spacial score (nSPS) is 15.0. The monoisotopic (exact) mass is 371 g/mol. The summed E-state index contributed by atoms with van der Waals surface area (Å²) in [5, 5.41) is 16.2. The van der Waals surface area contributed by atoms with Gasteiger partial charge in [-0.15, -0.1) is 5.10 Å². The van der Waals surface area contributed by atoms with Crippen LogP contribution < -0.4 is 5.32 Å². The van der Waals surface area contributed by atoms with E-state index in [9.17, 15) is 4.79 Å². The molecule has 1 aliphatic rings. The molecule has 23 heavy (non-hydrogen) atoms. The van der Waals surface area contributed by atoms with Gasteiger partial charge in [0, 0.05) is 5.02 Å². The van der Waals surface area contributed by atoms with Crippen LogP contribution in [0.1, 0.15) is 31.7 Å². The Morgan fingerprint density at radius 1 is 1.35 bits per heavy atom. The van der Waals surface area contributed by atoms with E-state index >= 15 is 0 Å². The quantitative estimate of drug-likeness (QED) is 0.808. The van der Waals surface area contributed by atoms with E-state index in [1.165, 1.54) is 24.6 Å². The summed E-state index contributed by atoms with van der Waals surface area (Å²) >= 11 is 13.2. The molecule has 0 bridgehead atoms. The van der Waals surface area contributed by atoms with Gasteiger partial charge >= 0.3 is 0 Å². The summed E-state index contributed by atoms with van der Waals surface area (Å²) in [6.07, 6.45) is 4.57. The van der Waals surface area contributed by atoms with Crippen molar-refractivity contribution >= 4 is 46.6 Å². The van der Waals surface area contributed by atoms with Gasteiger partial charge in [-0.05, 0) is 41.5 Å². The summed E-state index contributed by atoms with van der Waals surface area (Å²) in [6.45, 7) is 0. The second-order valence-corrected chi connectivity index (χ2v) is 7.09. The van der Waals surface area contributed by atoms with Crippen LogP contribution in [0.4, 0.5) is 5.69 Å². The van der Waals surface area contributed by atoms with Crippen LogP contribution in [-0.4, -0.2) is 31.9 Å². The second-order valence-electron chi connectivity index (χ2n) is 5.31. The molecule has 1 N–H and O–H groups in total. The number of halogens is 2. The fraction of sp³-hybridized carbons (Fsp3) is 0.429. The van der Waals surface area contributed by atoms with Crippen LogP contribution in [0.3, 0.4) is 0 Å². The molecule has 1 aromatic carbocycles. The molecule has 1 aliphatic carbocycles. The largest absolute Gasteiger partial charge is 0.324 e. The molecule has 2 aromatic rings. The lowest BCUT2D eigenvalue weighted by Crippen LogP contribution is -2.15. The third kappa shape index (κ3) is 4.16. The Kier molecular flexibility index (Phi) is 5.40. The smallest absolute Gasteiger partial charge is 0.234 e. The van der Waals surface area contributed by atoms with Crippen molar-refractivity contribution in [3.8, 4) is 0 Å². The first-order valence-electron chi connectivity index (χ1n) is 7.29. The van der Waals surface area contributed by atoms with E-state index in [4.69, 9.17) is 23.2 Å². The molecule has 9 heteroatoms. The molecule has 122 valence electrons. The number of nitrogens with one attached hydrogen (secondary N) is 1. The Balaban J connectivity index is 1.58. The Morgan fingerprint density at radius 3 is 2.87 bits per heavy atom. The number of hydrogen-bond donors (Lipinski definition) is 1. The van der Waals surface area contributed by atoms with Crippen molar-refractivity contribution in [3.63, 3.8) is 0 Å². The Morgan fingerprint density at radius 2 is 2.13 bits per heavy atom. The molecule has 1 saturated carbocycles. The first-order valence-corrected chi connectivity index (χ1v) is 9.03. The molecule has 0 saturated heterocycles. The lowest BCUT2D eigenvalue weighted by molar-refractivity contribution is -0.113. The molecule has 0 aliphatic heterocycles. The van der Waals surface area contributed by atoms with Gasteiger partial charge in [-0.25, -0.2) is 4.68 Å². The van der Waals surface area contributed by atoms with Crippen LogP contribution in [0.5, 0.6) is 0 Å². The lowest BCUT2D eigenvalue weighted by Gasteiger charge is -2.11. The van der Waals surface area contributed by atoms with Crippen LogP contribution >= 0.6 is 35.0 Å². The van der Waals surface area contributed by atoms with E-state index in [0.29, 0.717) is 26.9 Å². The van der Waals surface area contributed by atoms with E-state index in [2.05, 4.69) is 20.8 Å². The number of nitrogens with zero attached hydrogens (tertiary/aromatic N) is 4. The predicted octanol–water partition coefficient (Wildman–Crippen LogP) is 3.83. The number of tetrazole rings is 1. The molecule has 1 fully saturated rings. The van der Waals surface area contributed by atoms with Crippen LogP contribution in [-0.2, 0) is 4.79 Å². The molecule has 0 spiro atoms. The summed E-state index contributed by atoms with van der Waals surface area (Å²) in [4.78, 5) is 12.1. The average Bonchev–Trinajstić information content (AvgIpc) is 3.18. The molecule has 3 rings (SSSR count). The maximum Gasteiger partial charge on any atom is 0.234 e. The van der Waals surface area contributed by atoms with Gasteiger partial charge in [-0.1, -0.05) is 47.8 Å². The van der Waals surface area contributed by atoms with Crippen LogP contribution in [0.2, 0.25) is 10.0 Å². The third-order valence-electron chi connectivity index (χ3n) is 3.67. The van der Waals surface area contributed by atoms with Gasteiger partial charge in [-0.3, -0.25) is 4.79 Å². The van der Waals surface area contributed by atoms with Crippen LogP contribution in [0.25, 0.3) is 0 Å². The number of amides is 1. The minimum absolute atomic E-state index is 0.166. The van der Waals surface area contributed by atoms with Crippen molar-refractivity contribution in [3.05, 3.63) is 28.2 Å². The Labute approximate surface area is 147 Å². The van der Waals surface area contributed by atoms with Crippen molar-refractivity contribution in [2.45, 2.75) is 36.9 Å². The lowest BCUT2D eigenvalue weighted by atomic mass is 10.3. The summed E-state index contributed by atoms with van der Waals surface area (Å²) < 4.78 is 1.83. The molecule has 0 unspecified atom stereocenters. The fourth-order valence-electron chi connectivity index (χ4n) is 2.57. The van der Waals surface area contributed by atoms with Crippen molar-refractivity contribution in [1.29, 1.82) is 0 Å². The second kappa shape index (κ2) is 7.51. The maximum atomic E-state index is 12.1. The number of aromatic nitrogens is 4. The predicted molar refractivity (Wildman–Crippen MR) is 91.1 cm³/mol. The molecule has 0 radical (unpaired) electrons. The molecule has 1 amide bonds. The molecule has 1 aromatic heterocycles. The van der Waals surface area contributed by atoms with Crippen molar-refractivity contribution in [1.82, 2.24) is 20.2 Å². The van der Waals surface area contributed by atoms with Gasteiger partial charge in [-0.2, -0.15) is 0 Å². The summed E-state index contributed by atoms with van der Waals surface area (Å²) in [6, 6.07) is 5.29. The molecule has 0 atom stereocenters. The average molecular weight is 372 g/mol. The number of carbonyl (C=O) groups is 1. The zero-order chi connectivity index (χ0) is 16.2. The SMILES string of the molecule is O=C(CSc1nnnn1C1CCCC1)Nc1ccc(Cl)cc1Cl. The number of thioether (sulfide) groups is 1. The van der Waals surface area contributed by atoms with Crippen LogP contribution in [0.15, 0.2) is 23.4 Å².